The highest BCUT2D eigenvalue weighted by molar-refractivity contribution is 5.90. The van der Waals surface area contributed by atoms with Gasteiger partial charge < -0.3 is 10.2 Å². The Morgan fingerprint density at radius 1 is 1.11 bits per heavy atom. The van der Waals surface area contributed by atoms with E-state index in [4.69, 9.17) is 10.2 Å². The van der Waals surface area contributed by atoms with Crippen LogP contribution in [-0.4, -0.2) is 30.6 Å². The van der Waals surface area contributed by atoms with Crippen molar-refractivity contribution >= 4 is 28.0 Å². The van der Waals surface area contributed by atoms with Crippen molar-refractivity contribution in [1.82, 2.24) is 30.6 Å². The third-order valence-corrected chi connectivity index (χ3v) is 5.23. The van der Waals surface area contributed by atoms with Crippen molar-refractivity contribution < 1.29 is 4.42 Å². The fourth-order valence-electron chi connectivity index (χ4n) is 3.81. The smallest absolute Gasteiger partial charge is 0.234 e. The second kappa shape index (κ2) is 6.11. The van der Waals surface area contributed by atoms with E-state index in [9.17, 15) is 4.79 Å². The van der Waals surface area contributed by atoms with Gasteiger partial charge in [0.1, 0.15) is 5.82 Å². The van der Waals surface area contributed by atoms with Crippen LogP contribution in [0.4, 0.5) is 5.82 Å². The molecule has 0 amide bonds. The van der Waals surface area contributed by atoms with Gasteiger partial charge in [-0.15, -0.1) is 10.2 Å². The standard InChI is InChI=1S/C18H17N7O2/c19-15-13(16-22-24-25-23-16)7-12-14(26)11-6-10(9-4-2-1-3-5-9)8-20-17(11)27-18(12)21-15/h6-9H,1-5H2,(H2,19,21)(H,22,23,24,25). The number of rotatable bonds is 2. The van der Waals surface area contributed by atoms with Crippen molar-refractivity contribution in [2.75, 3.05) is 5.73 Å². The Kier molecular flexibility index (Phi) is 3.59. The van der Waals surface area contributed by atoms with Gasteiger partial charge in [-0.25, -0.2) is 4.98 Å². The van der Waals surface area contributed by atoms with Gasteiger partial charge in [-0.3, -0.25) is 4.79 Å². The average molecular weight is 363 g/mol. The monoisotopic (exact) mass is 363 g/mol. The van der Waals surface area contributed by atoms with Crippen molar-refractivity contribution in [3.8, 4) is 11.4 Å². The Bertz CT molecular complexity index is 1190. The molecule has 5 rings (SSSR count). The normalized spacial score (nSPS) is 15.6. The molecule has 27 heavy (non-hydrogen) atoms. The van der Waals surface area contributed by atoms with Gasteiger partial charge in [-0.05, 0) is 41.7 Å². The van der Waals surface area contributed by atoms with Gasteiger partial charge in [0.25, 0.3) is 0 Å². The highest BCUT2D eigenvalue weighted by atomic mass is 16.3. The van der Waals surface area contributed by atoms with Gasteiger partial charge in [-0.1, -0.05) is 19.3 Å². The number of pyridine rings is 2. The number of H-pyrrole nitrogens is 1. The Balaban J connectivity index is 1.71. The molecule has 0 aliphatic heterocycles. The molecule has 4 heterocycles. The molecule has 9 heteroatoms. The number of hydrogen-bond acceptors (Lipinski definition) is 8. The number of aromatic nitrogens is 6. The molecule has 0 aromatic carbocycles. The van der Waals surface area contributed by atoms with Gasteiger partial charge in [0, 0.05) is 6.20 Å². The van der Waals surface area contributed by atoms with Crippen LogP contribution in [0.1, 0.15) is 43.6 Å². The Labute approximate surface area is 153 Å². The summed E-state index contributed by atoms with van der Waals surface area (Å²) in [4.78, 5) is 21.7. The van der Waals surface area contributed by atoms with Crippen molar-refractivity contribution in [1.29, 1.82) is 0 Å². The van der Waals surface area contributed by atoms with E-state index in [2.05, 4.69) is 30.6 Å². The molecule has 0 saturated heterocycles. The predicted molar refractivity (Wildman–Crippen MR) is 99.0 cm³/mol. The van der Waals surface area contributed by atoms with Gasteiger partial charge in [0.05, 0.1) is 16.3 Å². The van der Waals surface area contributed by atoms with Crippen molar-refractivity contribution in [2.24, 2.45) is 0 Å². The quantitative estimate of drug-likeness (QED) is 0.518. The molecule has 1 aliphatic rings. The summed E-state index contributed by atoms with van der Waals surface area (Å²) in [6, 6.07) is 3.51. The number of anilines is 1. The largest absolute Gasteiger partial charge is 0.419 e. The first-order valence-corrected chi connectivity index (χ1v) is 8.97. The van der Waals surface area contributed by atoms with E-state index in [1.54, 1.807) is 6.07 Å². The minimum Gasteiger partial charge on any atom is -0.419 e. The summed E-state index contributed by atoms with van der Waals surface area (Å²) in [6.45, 7) is 0. The molecule has 0 spiro atoms. The fourth-order valence-corrected chi connectivity index (χ4v) is 3.81. The number of hydrogen-bond donors (Lipinski definition) is 2. The van der Waals surface area contributed by atoms with Crippen LogP contribution < -0.4 is 11.2 Å². The third-order valence-electron chi connectivity index (χ3n) is 5.23. The zero-order chi connectivity index (χ0) is 18.4. The second-order valence-electron chi connectivity index (χ2n) is 6.90. The zero-order valence-corrected chi connectivity index (χ0v) is 14.5. The average Bonchev–Trinajstić information content (AvgIpc) is 3.23. The lowest BCUT2D eigenvalue weighted by atomic mass is 9.84. The first-order chi connectivity index (χ1) is 13.2. The van der Waals surface area contributed by atoms with Gasteiger partial charge in [0.2, 0.25) is 22.7 Å². The number of aromatic amines is 1. The van der Waals surface area contributed by atoms with Crippen molar-refractivity contribution in [2.45, 2.75) is 38.0 Å². The molecule has 0 radical (unpaired) electrons. The Morgan fingerprint density at radius 2 is 1.93 bits per heavy atom. The highest BCUT2D eigenvalue weighted by Crippen LogP contribution is 2.33. The lowest BCUT2D eigenvalue weighted by molar-refractivity contribution is 0.443. The minimum atomic E-state index is -0.186. The number of fused-ring (bicyclic) bond motifs is 2. The van der Waals surface area contributed by atoms with E-state index < -0.39 is 0 Å². The number of nitrogen functional groups attached to an aromatic ring is 1. The molecular weight excluding hydrogens is 346 g/mol. The van der Waals surface area contributed by atoms with Gasteiger partial charge in [0.15, 0.2) is 0 Å². The number of nitrogens with zero attached hydrogens (tertiary/aromatic N) is 5. The molecule has 136 valence electrons. The topological polar surface area (TPSA) is 136 Å². The SMILES string of the molecule is Nc1nc2oc3ncc(C4CCCCC4)cc3c(=O)c2cc1-c1nn[nH]n1. The van der Waals surface area contributed by atoms with E-state index in [1.807, 2.05) is 12.3 Å². The van der Waals surface area contributed by atoms with Crippen LogP contribution in [-0.2, 0) is 0 Å². The zero-order valence-electron chi connectivity index (χ0n) is 14.5. The lowest BCUT2D eigenvalue weighted by Crippen LogP contribution is -2.09. The molecule has 0 unspecified atom stereocenters. The molecule has 1 saturated carbocycles. The summed E-state index contributed by atoms with van der Waals surface area (Å²) < 4.78 is 5.76. The molecule has 0 bridgehead atoms. The van der Waals surface area contributed by atoms with Crippen LogP contribution in [0, 0.1) is 0 Å². The van der Waals surface area contributed by atoms with Crippen LogP contribution in [0.15, 0.2) is 27.5 Å². The number of nitrogens with two attached hydrogens (primary N) is 1. The first kappa shape index (κ1) is 15.9. The van der Waals surface area contributed by atoms with Crippen LogP contribution >= 0.6 is 0 Å². The predicted octanol–water partition coefficient (Wildman–Crippen LogP) is 2.55. The van der Waals surface area contributed by atoms with Crippen molar-refractivity contribution in [3.63, 3.8) is 0 Å². The Morgan fingerprint density at radius 3 is 2.70 bits per heavy atom. The molecule has 9 nitrogen and oxygen atoms in total. The van der Waals surface area contributed by atoms with E-state index in [1.165, 1.54) is 19.3 Å². The first-order valence-electron chi connectivity index (χ1n) is 8.97. The molecule has 3 N–H and O–H groups in total. The molecule has 4 aromatic heterocycles. The van der Waals surface area contributed by atoms with Gasteiger partial charge in [-0.2, -0.15) is 10.2 Å². The minimum absolute atomic E-state index is 0.148. The summed E-state index contributed by atoms with van der Waals surface area (Å²) in [7, 11) is 0. The summed E-state index contributed by atoms with van der Waals surface area (Å²) in [5, 5.41) is 14.5. The maximum absolute atomic E-state index is 13.1. The molecule has 0 atom stereocenters. The lowest BCUT2D eigenvalue weighted by Gasteiger charge is -2.21. The second-order valence-corrected chi connectivity index (χ2v) is 6.90. The van der Waals surface area contributed by atoms with Gasteiger partial charge >= 0.3 is 0 Å². The van der Waals surface area contributed by atoms with Crippen LogP contribution in [0.3, 0.4) is 0 Å². The Hall–Kier alpha value is -3.36. The van der Waals surface area contributed by atoms with E-state index in [0.717, 1.165) is 18.4 Å². The van der Waals surface area contributed by atoms with E-state index in [0.29, 0.717) is 22.3 Å². The molecule has 4 aromatic rings. The maximum Gasteiger partial charge on any atom is 0.234 e. The van der Waals surface area contributed by atoms with Crippen LogP contribution in [0.2, 0.25) is 0 Å². The molecule has 1 fully saturated rings. The summed E-state index contributed by atoms with van der Waals surface area (Å²) >= 11 is 0. The number of nitrogens with one attached hydrogen (secondary N) is 1. The maximum atomic E-state index is 13.1. The van der Waals surface area contributed by atoms with E-state index in [-0.39, 0.29) is 28.5 Å². The number of tetrazole rings is 1. The summed E-state index contributed by atoms with van der Waals surface area (Å²) in [5.74, 6) is 0.880. The molecular formula is C18H17N7O2. The fraction of sp³-hybridized carbons (Fsp3) is 0.333. The van der Waals surface area contributed by atoms with Crippen LogP contribution in [0.5, 0.6) is 0 Å². The summed E-state index contributed by atoms with van der Waals surface area (Å²) in [5.41, 5.74) is 7.73. The van der Waals surface area contributed by atoms with Crippen LogP contribution in [0.25, 0.3) is 33.6 Å². The highest BCUT2D eigenvalue weighted by Gasteiger charge is 2.19. The van der Waals surface area contributed by atoms with Crippen molar-refractivity contribution in [3.05, 3.63) is 34.1 Å². The summed E-state index contributed by atoms with van der Waals surface area (Å²) in [6.07, 6.45) is 7.78. The third kappa shape index (κ3) is 2.62. The van der Waals surface area contributed by atoms with E-state index >= 15 is 0 Å². The molecule has 1 aliphatic carbocycles.